The molecule has 0 radical (unpaired) electrons. The summed E-state index contributed by atoms with van der Waals surface area (Å²) < 4.78 is 16.3. The molecule has 2 aliphatic heterocycles. The monoisotopic (exact) mass is 308 g/mol. The van der Waals surface area contributed by atoms with Gasteiger partial charge in [-0.1, -0.05) is 0 Å². The van der Waals surface area contributed by atoms with E-state index in [0.29, 0.717) is 0 Å². The van der Waals surface area contributed by atoms with Gasteiger partial charge in [0.05, 0.1) is 0 Å². The van der Waals surface area contributed by atoms with E-state index in [0.717, 1.165) is 4.90 Å². The maximum absolute atomic E-state index is 11.6. The largest absolute Gasteiger partial charge is 0.461 e. The maximum Gasteiger partial charge on any atom is 0.372 e. The van der Waals surface area contributed by atoms with Crippen LogP contribution in [0.15, 0.2) is 11.0 Å². The van der Waals surface area contributed by atoms with Crippen molar-refractivity contribution >= 4 is 31.2 Å². The lowest BCUT2D eigenvalue weighted by Gasteiger charge is -2.48. The highest BCUT2D eigenvalue weighted by Crippen LogP contribution is 2.55. The number of rotatable bonds is 3. The summed E-state index contributed by atoms with van der Waals surface area (Å²) in [7, 11) is -4.64. The molecule has 1 fully saturated rings. The fourth-order valence-corrected chi connectivity index (χ4v) is 4.47. The first-order valence-electron chi connectivity index (χ1n) is 5.35. The molecule has 0 saturated carbocycles. The lowest BCUT2D eigenvalue weighted by molar-refractivity contribution is -0.141. The predicted molar refractivity (Wildman–Crippen MR) is 66.8 cm³/mol. The van der Waals surface area contributed by atoms with Crippen molar-refractivity contribution in [3.63, 3.8) is 0 Å². The molecule has 19 heavy (non-hydrogen) atoms. The van der Waals surface area contributed by atoms with Gasteiger partial charge in [-0.15, -0.1) is 11.8 Å². The number of hydrogen-bond acceptors (Lipinski definition) is 6. The zero-order valence-electron chi connectivity index (χ0n) is 9.98. The number of nitrogens with zero attached hydrogens (tertiary/aromatic N) is 1. The van der Waals surface area contributed by atoms with Crippen molar-refractivity contribution in [2.45, 2.75) is 18.3 Å². The Balaban J connectivity index is 2.34. The Morgan fingerprint density at radius 3 is 2.79 bits per heavy atom. The Kier molecular flexibility index (Phi) is 3.76. The fourth-order valence-electron chi connectivity index (χ4n) is 1.95. The molecule has 0 aliphatic carbocycles. The van der Waals surface area contributed by atoms with Gasteiger partial charge in [0.2, 0.25) is 5.91 Å². The van der Waals surface area contributed by atoms with E-state index in [1.54, 1.807) is 0 Å². The van der Waals surface area contributed by atoms with E-state index in [9.17, 15) is 23.9 Å². The highest BCUT2D eigenvalue weighted by molar-refractivity contribution is 8.00. The van der Waals surface area contributed by atoms with Crippen molar-refractivity contribution < 1.29 is 28.7 Å². The molecule has 2 aliphatic rings. The zero-order valence-corrected chi connectivity index (χ0v) is 11.7. The Bertz CT molecular complexity index is 515. The van der Waals surface area contributed by atoms with Crippen molar-refractivity contribution in [1.29, 1.82) is 0 Å². The third-order valence-electron chi connectivity index (χ3n) is 2.78. The summed E-state index contributed by atoms with van der Waals surface area (Å²) in [6.45, 7) is 0.954. The fraction of sp³-hybridized carbons (Fsp3) is 0.556. The Morgan fingerprint density at radius 2 is 2.26 bits per heavy atom. The summed E-state index contributed by atoms with van der Waals surface area (Å²) in [5, 5.41) is -0.462. The van der Waals surface area contributed by atoms with Crippen molar-refractivity contribution in [2.24, 2.45) is 5.73 Å². The molecule has 0 bridgehead atoms. The maximum atomic E-state index is 11.6. The van der Waals surface area contributed by atoms with E-state index >= 15 is 0 Å². The molecule has 2 heterocycles. The number of fused-ring (bicyclic) bond motifs is 1. The Hall–Kier alpha value is -0.860. The van der Waals surface area contributed by atoms with Crippen LogP contribution in [-0.2, 0) is 18.9 Å². The van der Waals surface area contributed by atoms with Gasteiger partial charge < -0.3 is 20.3 Å². The van der Waals surface area contributed by atoms with Crippen LogP contribution in [0.2, 0.25) is 0 Å². The summed E-state index contributed by atoms with van der Waals surface area (Å²) >= 11 is 1.29. The van der Waals surface area contributed by atoms with Crippen LogP contribution < -0.4 is 5.73 Å². The normalized spacial score (nSPS) is 26.9. The number of nitrogens with two attached hydrogens (primary N) is 1. The number of ether oxygens (including phenoxy) is 1. The topological polar surface area (TPSA) is 130 Å². The molecule has 2 rings (SSSR count). The number of thioether (sulfide) groups is 1. The molecular formula is C9H13N2O6PS. The number of amides is 1. The van der Waals surface area contributed by atoms with Crippen molar-refractivity contribution in [3.8, 4) is 0 Å². The molecule has 0 unspecified atom stereocenters. The summed E-state index contributed by atoms with van der Waals surface area (Å²) in [6, 6.07) is -0.748. The lowest BCUT2D eigenvalue weighted by Crippen LogP contribution is -2.67. The molecule has 0 spiro atoms. The number of carbonyl (C=O) groups is 2. The zero-order chi connectivity index (χ0) is 14.4. The van der Waals surface area contributed by atoms with Gasteiger partial charge in [-0.05, 0) is 0 Å². The van der Waals surface area contributed by atoms with Gasteiger partial charge in [0.25, 0.3) is 0 Å². The van der Waals surface area contributed by atoms with Gasteiger partial charge in [-0.3, -0.25) is 19.1 Å². The van der Waals surface area contributed by atoms with Crippen LogP contribution in [0, 0.1) is 0 Å². The van der Waals surface area contributed by atoms with Gasteiger partial charge in [0, 0.05) is 18.2 Å². The van der Waals surface area contributed by atoms with Crippen molar-refractivity contribution in [1.82, 2.24) is 4.90 Å². The highest BCUT2D eigenvalue weighted by atomic mass is 32.2. The van der Waals surface area contributed by atoms with Gasteiger partial charge in [-0.25, -0.2) is 0 Å². The van der Waals surface area contributed by atoms with Gasteiger partial charge in [-0.2, -0.15) is 0 Å². The molecule has 10 heteroatoms. The van der Waals surface area contributed by atoms with E-state index < -0.39 is 30.9 Å². The first-order valence-corrected chi connectivity index (χ1v) is 8.01. The minimum Gasteiger partial charge on any atom is -0.461 e. The SMILES string of the molecule is CC(=O)OCC1=C(P(=O)(O)O)N2C(=O)[C@@H](N)[C@H]2SC1. The van der Waals surface area contributed by atoms with Crippen LogP contribution in [0.25, 0.3) is 0 Å². The minimum absolute atomic E-state index is 0.241. The predicted octanol–water partition coefficient (Wildman–Crippen LogP) is -0.819. The van der Waals surface area contributed by atoms with Crippen LogP contribution in [0.3, 0.4) is 0 Å². The van der Waals surface area contributed by atoms with Crippen LogP contribution >= 0.6 is 19.4 Å². The summed E-state index contributed by atoms with van der Waals surface area (Å²) in [5.74, 6) is -0.831. The smallest absolute Gasteiger partial charge is 0.372 e. The van der Waals surface area contributed by atoms with Crippen LogP contribution in [0.1, 0.15) is 6.92 Å². The lowest BCUT2D eigenvalue weighted by atomic mass is 10.1. The molecule has 106 valence electrons. The average molecular weight is 308 g/mol. The number of carbonyl (C=O) groups excluding carboxylic acids is 2. The van der Waals surface area contributed by atoms with Crippen LogP contribution in [0.5, 0.6) is 0 Å². The van der Waals surface area contributed by atoms with Gasteiger partial charge in [0.15, 0.2) is 0 Å². The summed E-state index contributed by atoms with van der Waals surface area (Å²) in [6.07, 6.45) is 0. The van der Waals surface area contributed by atoms with Gasteiger partial charge in [0.1, 0.15) is 23.5 Å². The highest BCUT2D eigenvalue weighted by Gasteiger charge is 2.53. The number of hydrogen-bond donors (Lipinski definition) is 3. The Morgan fingerprint density at radius 1 is 1.63 bits per heavy atom. The van der Waals surface area contributed by atoms with Gasteiger partial charge >= 0.3 is 13.6 Å². The van der Waals surface area contributed by atoms with Crippen molar-refractivity contribution in [3.05, 3.63) is 11.0 Å². The standard InChI is InChI=1S/C9H13N2O6PS/c1-4(12)17-2-5-3-19-9-6(10)7(13)11(9)8(5)18(14,15)16/h6,9H,2-3,10H2,1H3,(H2,14,15,16)/t6-,9-/m1/s1. The van der Waals surface area contributed by atoms with Crippen LogP contribution in [-0.4, -0.2) is 50.3 Å². The Labute approximate surface area is 113 Å². The summed E-state index contributed by atoms with van der Waals surface area (Å²) in [4.78, 5) is 42.2. The molecule has 0 aromatic heterocycles. The molecule has 2 atom stereocenters. The van der Waals surface area contributed by atoms with E-state index in [4.69, 9.17) is 10.5 Å². The quantitative estimate of drug-likeness (QED) is 0.350. The number of esters is 1. The first-order chi connectivity index (χ1) is 8.73. The second-order valence-electron chi connectivity index (χ2n) is 4.19. The van der Waals surface area contributed by atoms with E-state index in [1.807, 2.05) is 0 Å². The molecule has 0 aromatic rings. The van der Waals surface area contributed by atoms with E-state index in [1.165, 1.54) is 18.7 Å². The van der Waals surface area contributed by atoms with Crippen molar-refractivity contribution in [2.75, 3.05) is 12.4 Å². The van der Waals surface area contributed by atoms with E-state index in [-0.39, 0.29) is 23.4 Å². The second kappa shape index (κ2) is 4.92. The van der Waals surface area contributed by atoms with E-state index in [2.05, 4.69) is 0 Å². The third-order valence-corrected chi connectivity index (χ3v) is 5.23. The van der Waals surface area contributed by atoms with Crippen LogP contribution in [0.4, 0.5) is 0 Å². The molecular weight excluding hydrogens is 295 g/mol. The molecule has 1 amide bonds. The first kappa shape index (κ1) is 14.5. The summed E-state index contributed by atoms with van der Waals surface area (Å²) in [5.41, 5.74) is 5.45. The third kappa shape index (κ3) is 2.56. The molecule has 0 aromatic carbocycles. The number of β-lactam (4-membered cyclic amide) rings is 1. The molecule has 4 N–H and O–H groups in total. The molecule has 8 nitrogen and oxygen atoms in total. The molecule has 1 saturated heterocycles. The minimum atomic E-state index is -4.64. The second-order valence-corrected chi connectivity index (χ2v) is 6.80. The average Bonchev–Trinajstić information content (AvgIpc) is 2.32.